The van der Waals surface area contributed by atoms with E-state index in [0.29, 0.717) is 28.0 Å². The molecule has 2 aliphatic heterocycles. The van der Waals surface area contributed by atoms with Crippen LogP contribution in [-0.4, -0.2) is 19.0 Å². The normalized spacial score (nSPS) is 15.0. The van der Waals surface area contributed by atoms with Crippen molar-refractivity contribution < 1.29 is 40.4 Å². The maximum Gasteiger partial charge on any atom is 0.534 e. The zero-order valence-corrected chi connectivity index (χ0v) is 13.1. The van der Waals surface area contributed by atoms with Crippen LogP contribution in [0.15, 0.2) is 24.3 Å². The molecule has 4 rings (SSSR count). The van der Waals surface area contributed by atoms with E-state index in [1.807, 2.05) is 0 Å². The summed E-state index contributed by atoms with van der Waals surface area (Å²) in [4.78, 5) is 0. The van der Waals surface area contributed by atoms with Crippen molar-refractivity contribution in [2.24, 2.45) is 0 Å². The van der Waals surface area contributed by atoms with Gasteiger partial charge in [0.2, 0.25) is 0 Å². The van der Waals surface area contributed by atoms with Crippen molar-refractivity contribution in [3.8, 4) is 34.1 Å². The molecule has 0 aliphatic carbocycles. The highest BCUT2D eigenvalue weighted by Crippen LogP contribution is 2.50. The largest absolute Gasteiger partial charge is 0.534 e. The molecular formula is C15H9F3O6S. The summed E-state index contributed by atoms with van der Waals surface area (Å²) in [5.41, 5.74) is -3.22. The van der Waals surface area contributed by atoms with E-state index in [4.69, 9.17) is 9.47 Å². The van der Waals surface area contributed by atoms with Crippen LogP contribution in [0.4, 0.5) is 13.2 Å². The smallest absolute Gasteiger partial charge is 0.508 e. The van der Waals surface area contributed by atoms with Crippen LogP contribution in [0.5, 0.6) is 23.0 Å². The molecule has 132 valence electrons. The number of alkyl halides is 3. The summed E-state index contributed by atoms with van der Waals surface area (Å²) in [6, 6.07) is 5.18. The standard InChI is InChI=1S/C15H9F3O6S/c16-15(17,18)25(20,21)24-10-2-8-6-22-11-3-9(19)1-7-5-23-12(4-10)14(8)13(7)11/h1-4,19H,5-6H2. The second-order valence-corrected chi connectivity index (χ2v) is 7.03. The van der Waals surface area contributed by atoms with Crippen LogP contribution in [0.3, 0.4) is 0 Å². The second kappa shape index (κ2) is 4.94. The fraction of sp³-hybridized carbons (Fsp3) is 0.200. The maximum atomic E-state index is 12.5. The quantitative estimate of drug-likeness (QED) is 0.643. The predicted molar refractivity (Wildman–Crippen MR) is 77.8 cm³/mol. The van der Waals surface area contributed by atoms with E-state index in [9.17, 15) is 26.7 Å². The molecule has 0 bridgehead atoms. The zero-order chi connectivity index (χ0) is 18.0. The minimum Gasteiger partial charge on any atom is -0.508 e. The van der Waals surface area contributed by atoms with Crippen molar-refractivity contribution in [1.82, 2.24) is 0 Å². The van der Waals surface area contributed by atoms with Gasteiger partial charge in [-0.15, -0.1) is 0 Å². The number of hydrogen-bond donors (Lipinski definition) is 1. The number of ether oxygens (including phenoxy) is 2. The topological polar surface area (TPSA) is 82.1 Å². The van der Waals surface area contributed by atoms with Gasteiger partial charge in [-0.3, -0.25) is 0 Å². The van der Waals surface area contributed by atoms with Gasteiger partial charge in [-0.25, -0.2) is 0 Å². The van der Waals surface area contributed by atoms with E-state index < -0.39 is 21.4 Å². The molecule has 0 radical (unpaired) electrons. The lowest BCUT2D eigenvalue weighted by Gasteiger charge is -2.29. The van der Waals surface area contributed by atoms with Gasteiger partial charge in [-0.1, -0.05) is 0 Å². The fourth-order valence-electron chi connectivity index (χ4n) is 2.86. The van der Waals surface area contributed by atoms with Crippen LogP contribution in [-0.2, 0) is 23.3 Å². The third-order valence-electron chi connectivity index (χ3n) is 3.83. The summed E-state index contributed by atoms with van der Waals surface area (Å²) in [5, 5.41) is 9.69. The minimum absolute atomic E-state index is 0.000439. The average Bonchev–Trinajstić information content (AvgIpc) is 2.50. The Morgan fingerprint density at radius 1 is 0.960 bits per heavy atom. The van der Waals surface area contributed by atoms with E-state index in [1.54, 1.807) is 0 Å². The Hall–Kier alpha value is -2.62. The Bertz CT molecular complexity index is 947. The molecular weight excluding hydrogens is 365 g/mol. The average molecular weight is 374 g/mol. The molecule has 2 aromatic carbocycles. The Morgan fingerprint density at radius 2 is 1.52 bits per heavy atom. The Morgan fingerprint density at radius 3 is 2.12 bits per heavy atom. The van der Waals surface area contributed by atoms with Gasteiger partial charge >= 0.3 is 15.6 Å². The third kappa shape index (κ3) is 2.44. The van der Waals surface area contributed by atoms with Gasteiger partial charge < -0.3 is 18.8 Å². The number of phenolic OH excluding ortho intramolecular Hbond substituents is 1. The van der Waals surface area contributed by atoms with Gasteiger partial charge in [0.25, 0.3) is 0 Å². The molecule has 10 heteroatoms. The molecule has 2 heterocycles. The van der Waals surface area contributed by atoms with Gasteiger partial charge in [-0.2, -0.15) is 21.6 Å². The molecule has 25 heavy (non-hydrogen) atoms. The predicted octanol–water partition coefficient (Wildman–Crippen LogP) is 3.07. The first-order valence-corrected chi connectivity index (χ1v) is 8.36. The molecule has 0 saturated carbocycles. The van der Waals surface area contributed by atoms with Crippen molar-refractivity contribution in [3.63, 3.8) is 0 Å². The maximum absolute atomic E-state index is 12.5. The van der Waals surface area contributed by atoms with Crippen molar-refractivity contribution >= 4 is 10.1 Å². The van der Waals surface area contributed by atoms with Gasteiger partial charge in [0.15, 0.2) is 0 Å². The number of aromatic hydroxyl groups is 1. The summed E-state index contributed by atoms with van der Waals surface area (Å²) < 4.78 is 75.0. The highest BCUT2D eigenvalue weighted by Gasteiger charge is 2.48. The van der Waals surface area contributed by atoms with Crippen molar-refractivity contribution in [1.29, 1.82) is 0 Å². The van der Waals surface area contributed by atoms with Crippen LogP contribution in [0.25, 0.3) is 11.1 Å². The molecule has 0 unspecified atom stereocenters. The highest BCUT2D eigenvalue weighted by atomic mass is 32.2. The molecule has 1 N–H and O–H groups in total. The lowest BCUT2D eigenvalue weighted by molar-refractivity contribution is -0.0500. The Kier molecular flexibility index (Phi) is 3.14. The van der Waals surface area contributed by atoms with Gasteiger partial charge in [0.05, 0.1) is 0 Å². The summed E-state index contributed by atoms with van der Waals surface area (Å²) >= 11 is 0. The summed E-state index contributed by atoms with van der Waals surface area (Å²) in [6.07, 6.45) is 0. The third-order valence-corrected chi connectivity index (χ3v) is 4.81. The molecule has 6 nitrogen and oxygen atoms in total. The van der Waals surface area contributed by atoms with Crippen LogP contribution in [0.1, 0.15) is 11.1 Å². The van der Waals surface area contributed by atoms with E-state index in [1.165, 1.54) is 12.1 Å². The molecule has 0 saturated heterocycles. The number of hydrogen-bond acceptors (Lipinski definition) is 6. The molecule has 2 aliphatic rings. The van der Waals surface area contributed by atoms with Gasteiger partial charge in [0.1, 0.15) is 36.2 Å². The molecule has 0 aromatic heterocycles. The number of benzene rings is 2. The zero-order valence-electron chi connectivity index (χ0n) is 12.3. The number of rotatable bonds is 2. The minimum atomic E-state index is -5.78. The number of halogens is 3. The number of phenols is 1. The SMILES string of the molecule is O=S(=O)(Oc1cc2c3c(c1)OCc1cc(O)cc(c1-3)OC2)C(F)(F)F. The summed E-state index contributed by atoms with van der Waals surface area (Å²) in [7, 11) is -5.78. The van der Waals surface area contributed by atoms with Gasteiger partial charge in [0, 0.05) is 34.4 Å². The molecule has 0 amide bonds. The first-order chi connectivity index (χ1) is 11.7. The van der Waals surface area contributed by atoms with Crippen LogP contribution in [0.2, 0.25) is 0 Å². The fourth-order valence-corrected chi connectivity index (χ4v) is 3.30. The first kappa shape index (κ1) is 15.9. The Labute approximate surface area is 139 Å². The van der Waals surface area contributed by atoms with Gasteiger partial charge in [-0.05, 0) is 12.1 Å². The van der Waals surface area contributed by atoms with Crippen molar-refractivity contribution in [2.75, 3.05) is 0 Å². The van der Waals surface area contributed by atoms with E-state index in [0.717, 1.165) is 12.1 Å². The van der Waals surface area contributed by atoms with Crippen LogP contribution < -0.4 is 13.7 Å². The van der Waals surface area contributed by atoms with E-state index in [-0.39, 0.29) is 24.7 Å². The lowest BCUT2D eigenvalue weighted by atomic mass is 9.90. The van der Waals surface area contributed by atoms with Crippen molar-refractivity contribution in [3.05, 3.63) is 35.4 Å². The first-order valence-electron chi connectivity index (χ1n) is 6.95. The molecule has 2 aromatic rings. The Balaban J connectivity index is 1.83. The second-order valence-electron chi connectivity index (χ2n) is 5.49. The monoisotopic (exact) mass is 374 g/mol. The lowest BCUT2D eigenvalue weighted by Crippen LogP contribution is -2.28. The summed E-state index contributed by atoms with van der Waals surface area (Å²) in [5.74, 6) is 0.0945. The van der Waals surface area contributed by atoms with Crippen LogP contribution in [0, 0.1) is 0 Å². The molecule has 0 spiro atoms. The van der Waals surface area contributed by atoms with E-state index >= 15 is 0 Å². The summed E-state index contributed by atoms with van der Waals surface area (Å²) in [6.45, 7) is 0.00681. The van der Waals surface area contributed by atoms with Crippen LogP contribution >= 0.6 is 0 Å². The molecule has 0 atom stereocenters. The molecule has 0 fully saturated rings. The van der Waals surface area contributed by atoms with Crippen molar-refractivity contribution in [2.45, 2.75) is 18.7 Å². The highest BCUT2D eigenvalue weighted by molar-refractivity contribution is 7.88. The van der Waals surface area contributed by atoms with E-state index in [2.05, 4.69) is 4.18 Å².